The lowest BCUT2D eigenvalue weighted by molar-refractivity contribution is -0.127. The van der Waals surface area contributed by atoms with Crippen LogP contribution in [-0.2, 0) is 9.59 Å². The summed E-state index contributed by atoms with van der Waals surface area (Å²) in [4.78, 5) is 31.8. The van der Waals surface area contributed by atoms with Crippen molar-refractivity contribution in [3.8, 4) is 0 Å². The van der Waals surface area contributed by atoms with E-state index in [-0.39, 0.29) is 41.7 Å². The molecule has 0 unspecified atom stereocenters. The van der Waals surface area contributed by atoms with Crippen LogP contribution in [0.1, 0.15) is 51.9 Å². The summed E-state index contributed by atoms with van der Waals surface area (Å²) in [6, 6.07) is 0. The number of carbonyl (C=O) groups excluding carboxylic acids is 2. The van der Waals surface area contributed by atoms with E-state index >= 15 is 0 Å². The van der Waals surface area contributed by atoms with Gasteiger partial charge in [-0.05, 0) is 65.1 Å². The van der Waals surface area contributed by atoms with Crippen LogP contribution in [-0.4, -0.2) is 79.9 Å². The maximum Gasteiger partial charge on any atom is 0.222 e. The molecule has 29 heavy (non-hydrogen) atoms. The lowest BCUT2D eigenvalue weighted by Crippen LogP contribution is -2.39. The molecule has 2 aliphatic heterocycles. The molecular formula is C20H39IN6O2. The highest BCUT2D eigenvalue weighted by Gasteiger charge is 2.22. The lowest BCUT2D eigenvalue weighted by atomic mass is 9.96. The second kappa shape index (κ2) is 14.8. The number of carbonyl (C=O) groups is 2. The first-order valence-corrected chi connectivity index (χ1v) is 10.9. The summed E-state index contributed by atoms with van der Waals surface area (Å²) in [5.41, 5.74) is 5.39. The Bertz CT molecular complexity index is 523. The number of nitrogens with one attached hydrogen (secondary N) is 2. The Balaban J connectivity index is 0.00000420. The van der Waals surface area contributed by atoms with Crippen LogP contribution in [0.4, 0.5) is 0 Å². The summed E-state index contributed by atoms with van der Waals surface area (Å²) in [7, 11) is 0. The van der Waals surface area contributed by atoms with E-state index in [9.17, 15) is 9.59 Å². The summed E-state index contributed by atoms with van der Waals surface area (Å²) in [6.45, 7) is 9.28. The number of hydrogen-bond donors (Lipinski definition) is 3. The molecule has 0 saturated carbocycles. The predicted octanol–water partition coefficient (Wildman–Crippen LogP) is 1.15. The fourth-order valence-corrected chi connectivity index (χ4v) is 3.84. The molecule has 168 valence electrons. The van der Waals surface area contributed by atoms with Crippen molar-refractivity contribution in [2.45, 2.75) is 51.9 Å². The van der Waals surface area contributed by atoms with Gasteiger partial charge in [-0.15, -0.1) is 24.0 Å². The van der Waals surface area contributed by atoms with Crippen LogP contribution in [0.15, 0.2) is 4.99 Å². The van der Waals surface area contributed by atoms with Crippen molar-refractivity contribution in [2.75, 3.05) is 52.4 Å². The molecule has 0 aromatic heterocycles. The molecule has 2 amide bonds. The smallest absolute Gasteiger partial charge is 0.222 e. The highest BCUT2D eigenvalue weighted by atomic mass is 127. The Morgan fingerprint density at radius 3 is 2.52 bits per heavy atom. The van der Waals surface area contributed by atoms with Gasteiger partial charge < -0.3 is 26.2 Å². The summed E-state index contributed by atoms with van der Waals surface area (Å²) >= 11 is 0. The summed E-state index contributed by atoms with van der Waals surface area (Å²) in [5, 5.41) is 6.68. The molecule has 0 spiro atoms. The maximum absolute atomic E-state index is 11.6. The molecule has 9 heteroatoms. The van der Waals surface area contributed by atoms with E-state index in [1.165, 1.54) is 0 Å². The summed E-state index contributed by atoms with van der Waals surface area (Å²) in [6.07, 6.45) is 6.62. The predicted molar refractivity (Wildman–Crippen MR) is 127 cm³/mol. The fourth-order valence-electron chi connectivity index (χ4n) is 3.84. The Morgan fingerprint density at radius 2 is 1.90 bits per heavy atom. The minimum absolute atomic E-state index is 0. The van der Waals surface area contributed by atoms with Gasteiger partial charge in [0.05, 0.1) is 0 Å². The van der Waals surface area contributed by atoms with Gasteiger partial charge in [-0.1, -0.05) is 0 Å². The minimum Gasteiger partial charge on any atom is -0.369 e. The van der Waals surface area contributed by atoms with Gasteiger partial charge in [0.25, 0.3) is 0 Å². The van der Waals surface area contributed by atoms with Crippen molar-refractivity contribution in [2.24, 2.45) is 16.6 Å². The van der Waals surface area contributed by atoms with Crippen LogP contribution in [0.3, 0.4) is 0 Å². The van der Waals surface area contributed by atoms with Crippen LogP contribution in [0.5, 0.6) is 0 Å². The number of guanidine groups is 1. The van der Waals surface area contributed by atoms with Gasteiger partial charge in [0, 0.05) is 45.1 Å². The van der Waals surface area contributed by atoms with E-state index in [4.69, 9.17) is 5.73 Å². The number of primary amides is 1. The standard InChI is InChI=1S/C20H38N6O2.HI/c1-2-22-20(24-11-6-14-26-13-5-7-18(26)27)23-10-3-4-12-25-15-8-17(9-16-25)19(21)28;/h17H,2-16H2,1H3,(H2,21,28)(H2,22,23,24);1H. The molecular weight excluding hydrogens is 483 g/mol. The highest BCUT2D eigenvalue weighted by molar-refractivity contribution is 14.0. The van der Waals surface area contributed by atoms with Crippen LogP contribution in [0.25, 0.3) is 0 Å². The van der Waals surface area contributed by atoms with E-state index in [1.54, 1.807) is 0 Å². The van der Waals surface area contributed by atoms with Crippen molar-refractivity contribution in [3.05, 3.63) is 0 Å². The van der Waals surface area contributed by atoms with E-state index in [0.717, 1.165) is 96.8 Å². The van der Waals surface area contributed by atoms with E-state index in [0.29, 0.717) is 6.42 Å². The molecule has 0 bridgehead atoms. The summed E-state index contributed by atoms with van der Waals surface area (Å²) in [5.74, 6) is 1.07. The van der Waals surface area contributed by atoms with Crippen molar-refractivity contribution >= 4 is 41.8 Å². The third-order valence-electron chi connectivity index (χ3n) is 5.56. The highest BCUT2D eigenvalue weighted by Crippen LogP contribution is 2.16. The fraction of sp³-hybridized carbons (Fsp3) is 0.850. The van der Waals surface area contributed by atoms with Crippen LogP contribution >= 0.6 is 24.0 Å². The first-order valence-electron chi connectivity index (χ1n) is 10.9. The normalized spacial score (nSPS) is 18.6. The molecule has 2 saturated heterocycles. The molecule has 2 rings (SSSR count). The van der Waals surface area contributed by atoms with E-state index in [2.05, 4.69) is 27.4 Å². The van der Waals surface area contributed by atoms with Gasteiger partial charge in [0.1, 0.15) is 0 Å². The molecule has 0 aliphatic carbocycles. The van der Waals surface area contributed by atoms with Crippen molar-refractivity contribution in [1.29, 1.82) is 0 Å². The first-order chi connectivity index (χ1) is 13.6. The molecule has 2 heterocycles. The number of rotatable bonds is 11. The first kappa shape index (κ1) is 25.9. The number of nitrogens with zero attached hydrogens (tertiary/aromatic N) is 3. The molecule has 2 aliphatic rings. The largest absolute Gasteiger partial charge is 0.369 e. The maximum atomic E-state index is 11.6. The minimum atomic E-state index is -0.147. The number of likely N-dealkylation sites (tertiary alicyclic amines) is 2. The third-order valence-corrected chi connectivity index (χ3v) is 5.56. The van der Waals surface area contributed by atoms with Gasteiger partial charge in [-0.2, -0.15) is 0 Å². The number of unbranched alkanes of at least 4 members (excludes halogenated alkanes) is 1. The Hall–Kier alpha value is -1.10. The monoisotopic (exact) mass is 522 g/mol. The quantitative estimate of drug-likeness (QED) is 0.164. The van der Waals surface area contributed by atoms with Gasteiger partial charge in [-0.25, -0.2) is 0 Å². The van der Waals surface area contributed by atoms with Crippen molar-refractivity contribution < 1.29 is 9.59 Å². The molecule has 0 atom stereocenters. The average Bonchev–Trinajstić information content (AvgIpc) is 3.10. The number of amides is 2. The molecule has 2 fully saturated rings. The Kier molecular flexibility index (Phi) is 13.2. The zero-order valence-corrected chi connectivity index (χ0v) is 20.2. The van der Waals surface area contributed by atoms with Gasteiger partial charge in [0.2, 0.25) is 11.8 Å². The third kappa shape index (κ3) is 9.97. The Labute approximate surface area is 192 Å². The van der Waals surface area contributed by atoms with Crippen LogP contribution in [0.2, 0.25) is 0 Å². The number of piperidine rings is 1. The number of halogens is 1. The van der Waals surface area contributed by atoms with E-state index in [1.807, 2.05) is 4.90 Å². The Morgan fingerprint density at radius 1 is 1.14 bits per heavy atom. The van der Waals surface area contributed by atoms with Crippen molar-refractivity contribution in [1.82, 2.24) is 20.4 Å². The zero-order chi connectivity index (χ0) is 20.2. The van der Waals surface area contributed by atoms with Crippen molar-refractivity contribution in [3.63, 3.8) is 0 Å². The average molecular weight is 522 g/mol. The van der Waals surface area contributed by atoms with Gasteiger partial charge in [-0.3, -0.25) is 14.6 Å². The van der Waals surface area contributed by atoms with E-state index < -0.39 is 0 Å². The number of nitrogens with two attached hydrogens (primary N) is 1. The SMILES string of the molecule is CCNC(=NCCCN1CCCC1=O)NCCCCN1CCC(C(N)=O)CC1.I. The molecule has 0 radical (unpaired) electrons. The lowest BCUT2D eigenvalue weighted by Gasteiger charge is -2.30. The van der Waals surface area contributed by atoms with Crippen LogP contribution < -0.4 is 16.4 Å². The second-order valence-corrected chi connectivity index (χ2v) is 7.75. The molecule has 8 nitrogen and oxygen atoms in total. The molecule has 0 aromatic carbocycles. The van der Waals surface area contributed by atoms with Gasteiger partial charge in [0.15, 0.2) is 5.96 Å². The summed E-state index contributed by atoms with van der Waals surface area (Å²) < 4.78 is 0. The zero-order valence-electron chi connectivity index (χ0n) is 17.8. The van der Waals surface area contributed by atoms with Gasteiger partial charge >= 0.3 is 0 Å². The number of aliphatic imine (C=N–C) groups is 1. The number of hydrogen-bond acceptors (Lipinski definition) is 4. The second-order valence-electron chi connectivity index (χ2n) is 7.75. The molecule has 4 N–H and O–H groups in total. The topological polar surface area (TPSA) is 103 Å². The molecule has 0 aromatic rings. The van der Waals surface area contributed by atoms with Crippen LogP contribution in [0, 0.1) is 5.92 Å².